The first-order valence-corrected chi connectivity index (χ1v) is 9.83. The summed E-state index contributed by atoms with van der Waals surface area (Å²) in [7, 11) is 1.59. The van der Waals surface area contributed by atoms with Gasteiger partial charge in [-0.3, -0.25) is 14.5 Å². The lowest BCUT2D eigenvalue weighted by Gasteiger charge is -2.38. The third-order valence-electron chi connectivity index (χ3n) is 5.63. The number of para-hydroxylation sites is 1. The van der Waals surface area contributed by atoms with Gasteiger partial charge in [-0.15, -0.1) is 0 Å². The molecule has 2 amide bonds. The highest BCUT2D eigenvalue weighted by Crippen LogP contribution is 2.30. The largest absolute Gasteiger partial charge is 0.497 e. The van der Waals surface area contributed by atoms with E-state index < -0.39 is 6.04 Å². The molecule has 1 atom stereocenters. The van der Waals surface area contributed by atoms with E-state index in [2.05, 4.69) is 0 Å². The Bertz CT molecular complexity index is 894. The van der Waals surface area contributed by atoms with Crippen LogP contribution in [0.5, 0.6) is 5.75 Å². The lowest BCUT2D eigenvalue weighted by molar-refractivity contribution is -0.133. The summed E-state index contributed by atoms with van der Waals surface area (Å²) in [6, 6.07) is 13.4. The monoisotopic (exact) mass is 397 g/mol. The van der Waals surface area contributed by atoms with Crippen molar-refractivity contribution in [3.63, 3.8) is 0 Å². The summed E-state index contributed by atoms with van der Waals surface area (Å²) >= 11 is 0. The number of benzene rings is 2. The number of rotatable bonds is 4. The summed E-state index contributed by atoms with van der Waals surface area (Å²) in [6.45, 7) is 2.15. The first-order valence-electron chi connectivity index (χ1n) is 9.83. The van der Waals surface area contributed by atoms with Crippen molar-refractivity contribution in [3.8, 4) is 5.75 Å². The van der Waals surface area contributed by atoms with Crippen molar-refractivity contribution in [1.29, 1.82) is 0 Å². The van der Waals surface area contributed by atoms with Gasteiger partial charge in [0, 0.05) is 38.3 Å². The molecule has 2 saturated heterocycles. The Kier molecular flexibility index (Phi) is 5.38. The molecule has 7 heteroatoms. The normalized spacial score (nSPS) is 19.6. The highest BCUT2D eigenvalue weighted by molar-refractivity contribution is 6.03. The predicted octanol–water partition coefficient (Wildman–Crippen LogP) is 2.68. The van der Waals surface area contributed by atoms with Crippen LogP contribution in [0.25, 0.3) is 0 Å². The van der Waals surface area contributed by atoms with Gasteiger partial charge in [0.15, 0.2) is 0 Å². The van der Waals surface area contributed by atoms with Crippen LogP contribution in [-0.4, -0.2) is 56.0 Å². The van der Waals surface area contributed by atoms with E-state index in [0.29, 0.717) is 56.1 Å². The maximum Gasteiger partial charge on any atom is 0.245 e. The summed E-state index contributed by atoms with van der Waals surface area (Å²) in [5, 5.41) is 0. The molecule has 0 saturated carbocycles. The highest BCUT2D eigenvalue weighted by Gasteiger charge is 2.39. The van der Waals surface area contributed by atoms with E-state index in [1.165, 1.54) is 6.07 Å². The highest BCUT2D eigenvalue weighted by atomic mass is 19.1. The Labute approximate surface area is 169 Å². The van der Waals surface area contributed by atoms with Gasteiger partial charge in [-0.2, -0.15) is 0 Å². The molecule has 0 aliphatic carbocycles. The molecule has 0 N–H and O–H groups in total. The minimum absolute atomic E-state index is 0.0418. The van der Waals surface area contributed by atoms with E-state index in [0.717, 1.165) is 0 Å². The van der Waals surface area contributed by atoms with Crippen molar-refractivity contribution in [2.45, 2.75) is 18.9 Å². The van der Waals surface area contributed by atoms with Gasteiger partial charge in [0.2, 0.25) is 11.8 Å². The number of halogens is 1. The fraction of sp³-hybridized carbons (Fsp3) is 0.364. The van der Waals surface area contributed by atoms with Gasteiger partial charge < -0.3 is 14.5 Å². The number of carbonyl (C=O) groups is 2. The quantitative estimate of drug-likeness (QED) is 0.796. The second kappa shape index (κ2) is 8.11. The topological polar surface area (TPSA) is 53.1 Å². The van der Waals surface area contributed by atoms with Gasteiger partial charge in [0.1, 0.15) is 17.6 Å². The number of ether oxygens (including phenoxy) is 1. The molecule has 2 aliphatic rings. The number of carbonyl (C=O) groups excluding carboxylic acids is 2. The standard InChI is InChI=1S/C22H24FN3O3/c1-29-17-8-6-16(7-9-17)26-20(10-11-21(26)27)22(28)25-14-12-24(13-15-25)19-5-3-2-4-18(19)23/h2-9,20H,10-15H2,1H3. The van der Waals surface area contributed by atoms with Crippen LogP contribution in [0.3, 0.4) is 0 Å². The fourth-order valence-corrected chi connectivity index (χ4v) is 4.07. The zero-order valence-electron chi connectivity index (χ0n) is 16.4. The Hall–Kier alpha value is -3.09. The van der Waals surface area contributed by atoms with Crippen LogP contribution in [0.2, 0.25) is 0 Å². The van der Waals surface area contributed by atoms with Gasteiger partial charge in [-0.05, 0) is 42.8 Å². The van der Waals surface area contributed by atoms with Crippen molar-refractivity contribution in [2.24, 2.45) is 0 Å². The van der Waals surface area contributed by atoms with Crippen molar-refractivity contribution >= 4 is 23.2 Å². The van der Waals surface area contributed by atoms with E-state index in [9.17, 15) is 14.0 Å². The number of piperazine rings is 1. The van der Waals surface area contributed by atoms with Crippen molar-refractivity contribution in [1.82, 2.24) is 4.90 Å². The molecule has 6 nitrogen and oxygen atoms in total. The van der Waals surface area contributed by atoms with E-state index in [4.69, 9.17) is 4.74 Å². The summed E-state index contributed by atoms with van der Waals surface area (Å²) < 4.78 is 19.2. The first-order chi connectivity index (χ1) is 14.1. The lowest BCUT2D eigenvalue weighted by atomic mass is 10.1. The molecular formula is C22H24FN3O3. The molecule has 2 aromatic rings. The number of hydrogen-bond donors (Lipinski definition) is 0. The molecule has 1 unspecified atom stereocenters. The van der Waals surface area contributed by atoms with Crippen molar-refractivity contribution in [3.05, 3.63) is 54.3 Å². The molecular weight excluding hydrogens is 373 g/mol. The van der Waals surface area contributed by atoms with Gasteiger partial charge in [-0.25, -0.2) is 4.39 Å². The van der Waals surface area contributed by atoms with Crippen LogP contribution in [0.4, 0.5) is 15.8 Å². The van der Waals surface area contributed by atoms with Gasteiger partial charge in [-0.1, -0.05) is 12.1 Å². The van der Waals surface area contributed by atoms with Crippen LogP contribution in [0.1, 0.15) is 12.8 Å². The molecule has 2 fully saturated rings. The van der Waals surface area contributed by atoms with E-state index in [1.807, 2.05) is 11.0 Å². The Morgan fingerprint density at radius 1 is 1.03 bits per heavy atom. The number of anilines is 2. The summed E-state index contributed by atoms with van der Waals surface area (Å²) in [4.78, 5) is 31.0. The molecule has 2 aliphatic heterocycles. The SMILES string of the molecule is COc1ccc(N2C(=O)CCC2C(=O)N2CCN(c3ccccc3F)CC2)cc1. The second-order valence-electron chi connectivity index (χ2n) is 7.28. The van der Waals surface area contributed by atoms with E-state index in [1.54, 1.807) is 53.3 Å². The van der Waals surface area contributed by atoms with E-state index in [-0.39, 0.29) is 17.6 Å². The molecule has 2 heterocycles. The van der Waals surface area contributed by atoms with Crippen LogP contribution in [0, 0.1) is 5.82 Å². The van der Waals surface area contributed by atoms with Gasteiger partial charge in [0.25, 0.3) is 0 Å². The van der Waals surface area contributed by atoms with Crippen LogP contribution >= 0.6 is 0 Å². The smallest absolute Gasteiger partial charge is 0.245 e. The molecule has 29 heavy (non-hydrogen) atoms. The zero-order chi connectivity index (χ0) is 20.4. The Morgan fingerprint density at radius 3 is 2.38 bits per heavy atom. The van der Waals surface area contributed by atoms with Crippen molar-refractivity contribution in [2.75, 3.05) is 43.1 Å². The third kappa shape index (κ3) is 3.77. The second-order valence-corrected chi connectivity index (χ2v) is 7.28. The van der Waals surface area contributed by atoms with Crippen LogP contribution in [-0.2, 0) is 9.59 Å². The summed E-state index contributed by atoms with van der Waals surface area (Å²) in [5.74, 6) is 0.366. The molecule has 0 radical (unpaired) electrons. The minimum Gasteiger partial charge on any atom is -0.497 e. The van der Waals surface area contributed by atoms with E-state index >= 15 is 0 Å². The average Bonchev–Trinajstić information content (AvgIpc) is 3.15. The minimum atomic E-state index is -0.490. The molecule has 0 aromatic heterocycles. The van der Waals surface area contributed by atoms with Gasteiger partial charge in [0.05, 0.1) is 12.8 Å². The number of methoxy groups -OCH3 is 1. The molecule has 4 rings (SSSR count). The van der Waals surface area contributed by atoms with Gasteiger partial charge >= 0.3 is 0 Å². The Balaban J connectivity index is 1.45. The average molecular weight is 397 g/mol. The fourth-order valence-electron chi connectivity index (χ4n) is 4.07. The maximum atomic E-state index is 14.0. The first kappa shape index (κ1) is 19.2. The molecule has 0 bridgehead atoms. The summed E-state index contributed by atoms with van der Waals surface area (Å²) in [6.07, 6.45) is 0.870. The number of hydrogen-bond acceptors (Lipinski definition) is 4. The summed E-state index contributed by atoms with van der Waals surface area (Å²) in [5.41, 5.74) is 1.27. The number of nitrogens with zero attached hydrogens (tertiary/aromatic N) is 3. The predicted molar refractivity (Wildman–Crippen MR) is 109 cm³/mol. The number of amides is 2. The lowest BCUT2D eigenvalue weighted by Crippen LogP contribution is -2.54. The molecule has 2 aromatic carbocycles. The van der Waals surface area contributed by atoms with Crippen LogP contribution in [0.15, 0.2) is 48.5 Å². The zero-order valence-corrected chi connectivity index (χ0v) is 16.4. The molecule has 152 valence electrons. The van der Waals surface area contributed by atoms with Crippen LogP contribution < -0.4 is 14.5 Å². The maximum absolute atomic E-state index is 14.0. The molecule has 0 spiro atoms. The van der Waals surface area contributed by atoms with Crippen molar-refractivity contribution < 1.29 is 18.7 Å². The third-order valence-corrected chi connectivity index (χ3v) is 5.63. The Morgan fingerprint density at radius 2 is 1.72 bits per heavy atom.